The summed E-state index contributed by atoms with van der Waals surface area (Å²) in [6.07, 6.45) is 3.11. The molecule has 0 radical (unpaired) electrons. The number of nitrogens with one attached hydrogen (secondary N) is 2. The number of carbonyl (C=O) groups excluding carboxylic acids is 1. The maximum absolute atomic E-state index is 12.2. The predicted octanol–water partition coefficient (Wildman–Crippen LogP) is -1.08. The van der Waals surface area contributed by atoms with Gasteiger partial charge in [0.15, 0.2) is 0 Å². The van der Waals surface area contributed by atoms with Crippen LogP contribution >= 0.6 is 0 Å². The minimum absolute atomic E-state index is 0.0324. The molecule has 2 saturated heterocycles. The summed E-state index contributed by atoms with van der Waals surface area (Å²) in [6, 6.07) is -0.0779. The lowest BCUT2D eigenvalue weighted by atomic mass is 10.0. The van der Waals surface area contributed by atoms with Crippen molar-refractivity contribution in [2.24, 2.45) is 0 Å². The van der Waals surface area contributed by atoms with Crippen LogP contribution in [0, 0.1) is 0 Å². The molecule has 5 nitrogen and oxygen atoms in total. The Morgan fingerprint density at radius 2 is 2.25 bits per heavy atom. The second-order valence-electron chi connectivity index (χ2n) is 4.57. The fourth-order valence-corrected chi connectivity index (χ4v) is 2.51. The number of rotatable bonds is 2. The summed E-state index contributed by atoms with van der Waals surface area (Å²) in [5, 5.41) is 15.7. The average molecular weight is 227 g/mol. The van der Waals surface area contributed by atoms with Crippen molar-refractivity contribution in [2.75, 3.05) is 32.8 Å². The van der Waals surface area contributed by atoms with E-state index < -0.39 is 0 Å². The summed E-state index contributed by atoms with van der Waals surface area (Å²) in [5.41, 5.74) is 0. The van der Waals surface area contributed by atoms with Crippen LogP contribution in [0.1, 0.15) is 19.3 Å². The molecule has 0 spiro atoms. The summed E-state index contributed by atoms with van der Waals surface area (Å²) in [6.45, 7) is 3.35. The first kappa shape index (κ1) is 11.8. The van der Waals surface area contributed by atoms with E-state index in [1.54, 1.807) is 0 Å². The zero-order valence-corrected chi connectivity index (χ0v) is 9.61. The fraction of sp³-hybridized carbons (Fsp3) is 0.909. The van der Waals surface area contributed by atoms with Crippen molar-refractivity contribution in [3.63, 3.8) is 0 Å². The van der Waals surface area contributed by atoms with Crippen LogP contribution in [-0.4, -0.2) is 60.8 Å². The van der Waals surface area contributed by atoms with Crippen LogP contribution in [0.2, 0.25) is 0 Å². The van der Waals surface area contributed by atoms with Gasteiger partial charge in [-0.2, -0.15) is 0 Å². The first-order chi connectivity index (χ1) is 7.83. The maximum Gasteiger partial charge on any atom is 0.241 e. The van der Waals surface area contributed by atoms with Gasteiger partial charge in [0, 0.05) is 26.2 Å². The molecule has 0 bridgehead atoms. The molecule has 0 aromatic carbocycles. The number of piperazine rings is 1. The minimum Gasteiger partial charge on any atom is -0.394 e. The Hall–Kier alpha value is -0.650. The number of hydrogen-bond acceptors (Lipinski definition) is 4. The van der Waals surface area contributed by atoms with E-state index in [0.717, 1.165) is 38.9 Å². The third kappa shape index (κ3) is 2.53. The first-order valence-corrected chi connectivity index (χ1v) is 6.18. The second-order valence-corrected chi connectivity index (χ2v) is 4.57. The van der Waals surface area contributed by atoms with Gasteiger partial charge in [0.1, 0.15) is 0 Å². The van der Waals surface area contributed by atoms with Gasteiger partial charge in [-0.1, -0.05) is 0 Å². The van der Waals surface area contributed by atoms with E-state index in [2.05, 4.69) is 10.6 Å². The van der Waals surface area contributed by atoms with Crippen LogP contribution in [0.5, 0.6) is 0 Å². The Balaban J connectivity index is 1.95. The van der Waals surface area contributed by atoms with Crippen LogP contribution in [0.25, 0.3) is 0 Å². The fourth-order valence-electron chi connectivity index (χ4n) is 2.51. The molecular formula is C11H21N3O2. The van der Waals surface area contributed by atoms with E-state index in [4.69, 9.17) is 0 Å². The molecule has 2 unspecified atom stereocenters. The highest BCUT2D eigenvalue weighted by Crippen LogP contribution is 2.17. The molecule has 0 aromatic rings. The number of amides is 1. The van der Waals surface area contributed by atoms with Crippen LogP contribution < -0.4 is 10.6 Å². The lowest BCUT2D eigenvalue weighted by Crippen LogP contribution is -2.59. The Kier molecular flexibility index (Phi) is 4.15. The van der Waals surface area contributed by atoms with Crippen molar-refractivity contribution >= 4 is 5.91 Å². The summed E-state index contributed by atoms with van der Waals surface area (Å²) < 4.78 is 0. The molecule has 2 aliphatic rings. The molecule has 2 atom stereocenters. The van der Waals surface area contributed by atoms with Crippen molar-refractivity contribution in [3.8, 4) is 0 Å². The van der Waals surface area contributed by atoms with Gasteiger partial charge in [0.2, 0.25) is 5.91 Å². The minimum atomic E-state index is -0.110. The van der Waals surface area contributed by atoms with Crippen molar-refractivity contribution in [2.45, 2.75) is 31.3 Å². The molecule has 0 aromatic heterocycles. The number of piperidine rings is 1. The van der Waals surface area contributed by atoms with Gasteiger partial charge in [-0.05, 0) is 19.3 Å². The van der Waals surface area contributed by atoms with E-state index in [9.17, 15) is 9.90 Å². The quantitative estimate of drug-likeness (QED) is 0.561. The molecule has 92 valence electrons. The number of aliphatic hydroxyl groups is 1. The molecule has 3 N–H and O–H groups in total. The molecule has 16 heavy (non-hydrogen) atoms. The average Bonchev–Trinajstić information content (AvgIpc) is 2.39. The number of likely N-dealkylation sites (tertiary alicyclic amines) is 1. The SMILES string of the molecule is O=C(C1CNCCN1)N1CCCCC1CO. The van der Waals surface area contributed by atoms with Gasteiger partial charge in [0.25, 0.3) is 0 Å². The Morgan fingerprint density at radius 1 is 1.38 bits per heavy atom. The normalized spacial score (nSPS) is 31.4. The topological polar surface area (TPSA) is 64.6 Å². The molecular weight excluding hydrogens is 206 g/mol. The van der Waals surface area contributed by atoms with E-state index in [1.165, 1.54) is 0 Å². The molecule has 2 rings (SSSR count). The van der Waals surface area contributed by atoms with Crippen molar-refractivity contribution in [1.82, 2.24) is 15.5 Å². The Labute approximate surface area is 96.2 Å². The highest BCUT2D eigenvalue weighted by atomic mass is 16.3. The zero-order chi connectivity index (χ0) is 11.4. The van der Waals surface area contributed by atoms with E-state index in [-0.39, 0.29) is 24.6 Å². The van der Waals surface area contributed by atoms with Crippen LogP contribution in [0.15, 0.2) is 0 Å². The zero-order valence-electron chi connectivity index (χ0n) is 9.61. The van der Waals surface area contributed by atoms with Gasteiger partial charge in [0.05, 0.1) is 18.7 Å². The first-order valence-electron chi connectivity index (χ1n) is 6.18. The number of carbonyl (C=O) groups is 1. The molecule has 5 heteroatoms. The highest BCUT2D eigenvalue weighted by molar-refractivity contribution is 5.82. The van der Waals surface area contributed by atoms with Crippen LogP contribution in [0.4, 0.5) is 0 Å². The van der Waals surface area contributed by atoms with Gasteiger partial charge in [-0.15, -0.1) is 0 Å². The molecule has 0 saturated carbocycles. The van der Waals surface area contributed by atoms with Crippen LogP contribution in [-0.2, 0) is 4.79 Å². The second kappa shape index (κ2) is 5.61. The molecule has 0 aliphatic carbocycles. The van der Waals surface area contributed by atoms with Crippen molar-refractivity contribution in [1.29, 1.82) is 0 Å². The van der Waals surface area contributed by atoms with Gasteiger partial charge >= 0.3 is 0 Å². The standard InChI is InChI=1S/C11H21N3O2/c15-8-9-3-1-2-6-14(9)11(16)10-7-12-4-5-13-10/h9-10,12-13,15H,1-8H2. The van der Waals surface area contributed by atoms with Crippen molar-refractivity contribution < 1.29 is 9.90 Å². The van der Waals surface area contributed by atoms with Gasteiger partial charge in [-0.3, -0.25) is 4.79 Å². The summed E-state index contributed by atoms with van der Waals surface area (Å²) >= 11 is 0. The van der Waals surface area contributed by atoms with Crippen LogP contribution in [0.3, 0.4) is 0 Å². The summed E-state index contributed by atoms with van der Waals surface area (Å²) in [5.74, 6) is 0.144. The maximum atomic E-state index is 12.2. The smallest absolute Gasteiger partial charge is 0.241 e. The van der Waals surface area contributed by atoms with Gasteiger partial charge < -0.3 is 20.6 Å². The molecule has 2 fully saturated rings. The molecule has 1 amide bonds. The largest absolute Gasteiger partial charge is 0.394 e. The lowest BCUT2D eigenvalue weighted by Gasteiger charge is -2.38. The third-order valence-corrected chi connectivity index (χ3v) is 3.46. The summed E-state index contributed by atoms with van der Waals surface area (Å²) in [4.78, 5) is 14.1. The summed E-state index contributed by atoms with van der Waals surface area (Å²) in [7, 11) is 0. The number of hydrogen-bond donors (Lipinski definition) is 3. The van der Waals surface area contributed by atoms with Gasteiger partial charge in [-0.25, -0.2) is 0 Å². The van der Waals surface area contributed by atoms with Crippen molar-refractivity contribution in [3.05, 3.63) is 0 Å². The molecule has 2 heterocycles. The number of nitrogens with zero attached hydrogens (tertiary/aromatic N) is 1. The van der Waals surface area contributed by atoms with E-state index in [0.29, 0.717) is 6.54 Å². The van der Waals surface area contributed by atoms with E-state index in [1.807, 2.05) is 4.90 Å². The molecule has 2 aliphatic heterocycles. The third-order valence-electron chi connectivity index (χ3n) is 3.46. The van der Waals surface area contributed by atoms with E-state index >= 15 is 0 Å². The predicted molar refractivity (Wildman–Crippen MR) is 61.1 cm³/mol. The monoisotopic (exact) mass is 227 g/mol. The number of aliphatic hydroxyl groups excluding tert-OH is 1. The Morgan fingerprint density at radius 3 is 2.94 bits per heavy atom. The highest BCUT2D eigenvalue weighted by Gasteiger charge is 2.31. The lowest BCUT2D eigenvalue weighted by molar-refractivity contribution is -0.138. The Bertz CT molecular complexity index is 241.